The molecular formula is C61H62Hf2N4-4. The Morgan fingerprint density at radius 2 is 1.03 bits per heavy atom. The first kappa shape index (κ1) is 57.8. The molecule has 67 heavy (non-hydrogen) atoms. The second-order valence-corrected chi connectivity index (χ2v) is 15.3. The van der Waals surface area contributed by atoms with Crippen LogP contribution >= 0.6 is 0 Å². The van der Waals surface area contributed by atoms with Crippen molar-refractivity contribution in [2.75, 3.05) is 0 Å². The number of nitrogens with zero attached hydrogens (tertiary/aromatic N) is 4. The second-order valence-electron chi connectivity index (χ2n) is 15.3. The maximum absolute atomic E-state index is 5.08. The van der Waals surface area contributed by atoms with Crippen molar-refractivity contribution in [2.24, 2.45) is 0 Å². The predicted molar refractivity (Wildman–Crippen MR) is 281 cm³/mol. The van der Waals surface area contributed by atoms with Crippen LogP contribution in [0.25, 0.3) is 54.7 Å². The van der Waals surface area contributed by atoms with Crippen molar-refractivity contribution in [3.05, 3.63) is 268 Å². The average molecular weight is 1210 g/mol. The van der Waals surface area contributed by atoms with Gasteiger partial charge in [-0.2, -0.15) is 0 Å². The van der Waals surface area contributed by atoms with E-state index < -0.39 is 0 Å². The summed E-state index contributed by atoms with van der Waals surface area (Å²) in [6.07, 6.45) is 4.38. The van der Waals surface area contributed by atoms with Gasteiger partial charge in [-0.05, 0) is 54.9 Å². The van der Waals surface area contributed by atoms with Crippen molar-refractivity contribution in [3.8, 4) is 22.5 Å². The number of rotatable bonds is 13. The van der Waals surface area contributed by atoms with Crippen LogP contribution in [0.2, 0.25) is 0 Å². The van der Waals surface area contributed by atoms with Crippen LogP contribution in [-0.4, -0.2) is 9.97 Å². The van der Waals surface area contributed by atoms with Crippen LogP contribution in [0.4, 0.5) is 11.4 Å². The summed E-state index contributed by atoms with van der Waals surface area (Å²) in [4.78, 5) is 10.0. The number of benzene rings is 7. The van der Waals surface area contributed by atoms with Crippen LogP contribution in [0.3, 0.4) is 0 Å². The SMILES string of the molecule is CCCc1cccc(CCC)c1[N-]Cc1cccc(-c2[c-]ccc3ccccc23)n1.Cc1ccccc1C([N-]c1ccccc1)c1cccc(-c2[c-]ccc3ccccc23)n1.[CH3-].[CH3-].[CH3-].[CH3-].[Hf+4].[Hf]. The summed E-state index contributed by atoms with van der Waals surface area (Å²) >= 11 is 0. The predicted octanol–water partition coefficient (Wildman–Crippen LogP) is 17.4. The number of fused-ring (bicyclic) bond motifs is 2. The molecule has 9 rings (SSSR count). The Labute approximate surface area is 440 Å². The van der Waals surface area contributed by atoms with Crippen LogP contribution in [0, 0.1) is 48.8 Å². The fourth-order valence-corrected chi connectivity index (χ4v) is 8.00. The van der Waals surface area contributed by atoms with E-state index in [2.05, 4.69) is 172 Å². The Kier molecular flexibility index (Phi) is 24.8. The van der Waals surface area contributed by atoms with E-state index in [0.29, 0.717) is 6.54 Å². The third-order valence-electron chi connectivity index (χ3n) is 11.0. The van der Waals surface area contributed by atoms with Crippen molar-refractivity contribution < 1.29 is 51.7 Å². The number of aromatic nitrogens is 2. The Hall–Kier alpha value is -5.30. The zero-order valence-electron chi connectivity index (χ0n) is 40.2. The van der Waals surface area contributed by atoms with Crippen molar-refractivity contribution >= 4 is 32.9 Å². The summed E-state index contributed by atoms with van der Waals surface area (Å²) in [5.74, 6) is 0. The summed E-state index contributed by atoms with van der Waals surface area (Å²) in [6.45, 7) is 7.17. The largest absolute Gasteiger partial charge is 4.00 e. The minimum Gasteiger partial charge on any atom is -0.679 e. The maximum Gasteiger partial charge on any atom is 4.00 e. The van der Waals surface area contributed by atoms with E-state index in [4.69, 9.17) is 20.6 Å². The molecule has 4 nitrogen and oxygen atoms in total. The zero-order chi connectivity index (χ0) is 41.8. The van der Waals surface area contributed by atoms with Gasteiger partial charge in [-0.1, -0.05) is 206 Å². The minimum atomic E-state index is -0.182. The number of pyridine rings is 2. The number of aryl methyl sites for hydroxylation is 3. The summed E-state index contributed by atoms with van der Waals surface area (Å²) < 4.78 is 0. The molecule has 0 aliphatic rings. The van der Waals surface area contributed by atoms with E-state index in [0.717, 1.165) is 76.2 Å². The Morgan fingerprint density at radius 3 is 1.61 bits per heavy atom. The number of hydrogen-bond acceptors (Lipinski definition) is 2. The van der Waals surface area contributed by atoms with Crippen molar-refractivity contribution in [1.29, 1.82) is 0 Å². The van der Waals surface area contributed by atoms with Crippen LogP contribution < -0.4 is 0 Å². The van der Waals surface area contributed by atoms with Gasteiger partial charge < -0.3 is 50.3 Å². The molecule has 0 amide bonds. The van der Waals surface area contributed by atoms with Gasteiger partial charge in [-0.25, -0.2) is 0 Å². The normalized spacial score (nSPS) is 10.4. The second kappa shape index (κ2) is 28.8. The molecule has 0 bridgehead atoms. The summed E-state index contributed by atoms with van der Waals surface area (Å²) in [6, 6.07) is 69.0. The van der Waals surface area contributed by atoms with Crippen LogP contribution in [0.5, 0.6) is 0 Å². The third kappa shape index (κ3) is 14.4. The van der Waals surface area contributed by atoms with E-state index in [1.807, 2.05) is 42.5 Å². The molecule has 0 saturated carbocycles. The van der Waals surface area contributed by atoms with Crippen LogP contribution in [-0.2, 0) is 71.1 Å². The first-order valence-electron chi connectivity index (χ1n) is 21.4. The standard InChI is InChI=1S/C29H22N2.C28H28N2.4CH3.2Hf/c1-21-11-5-7-16-24(21)29(30-23-14-3-2-4-15-23)28-20-10-19-27(31-28)26-18-9-13-22-12-6-8-17-25(22)26;1-3-10-22-14-7-15-23(11-4-2)28(22)29-20-24-16-9-19-27(30-24)26-18-8-13-21-12-5-6-17-25(21)26;;;;;;/h2-17,19-20,29H,1H3;5-9,12-17,19H,3-4,10-11,20H2,1-2H3;4*1H3;;/q2*-2;4*-1;;+4. The molecule has 1 unspecified atom stereocenters. The van der Waals surface area contributed by atoms with Crippen LogP contribution in [0.15, 0.2) is 182 Å². The summed E-state index contributed by atoms with van der Waals surface area (Å²) in [7, 11) is 0. The molecule has 338 valence electrons. The van der Waals surface area contributed by atoms with Crippen molar-refractivity contribution in [3.63, 3.8) is 0 Å². The fourth-order valence-electron chi connectivity index (χ4n) is 8.00. The summed E-state index contributed by atoms with van der Waals surface area (Å²) in [5, 5.41) is 14.9. The monoisotopic (exact) mass is 1210 g/mol. The minimum absolute atomic E-state index is 0. The Morgan fingerprint density at radius 1 is 0.522 bits per heavy atom. The first-order valence-corrected chi connectivity index (χ1v) is 21.4. The molecule has 0 fully saturated rings. The molecule has 0 aliphatic heterocycles. The topological polar surface area (TPSA) is 54.0 Å². The molecule has 6 heteroatoms. The average Bonchev–Trinajstić information content (AvgIpc) is 3.31. The van der Waals surface area contributed by atoms with Gasteiger partial charge in [0.05, 0.1) is 0 Å². The van der Waals surface area contributed by atoms with Gasteiger partial charge >= 0.3 is 25.8 Å². The van der Waals surface area contributed by atoms with Crippen LogP contribution in [0.1, 0.15) is 66.4 Å². The summed E-state index contributed by atoms with van der Waals surface area (Å²) in [5.41, 5.74) is 13.0. The fraction of sp³-hybridized carbons (Fsp3) is 0.148. The maximum atomic E-state index is 5.08. The molecule has 7 aromatic carbocycles. The van der Waals surface area contributed by atoms with Gasteiger partial charge in [-0.3, -0.25) is 0 Å². The van der Waals surface area contributed by atoms with E-state index in [-0.39, 0.29) is 87.4 Å². The zero-order valence-corrected chi connectivity index (χ0v) is 47.4. The molecule has 0 aliphatic carbocycles. The molecule has 0 spiro atoms. The van der Waals surface area contributed by atoms with Gasteiger partial charge in [0, 0.05) is 37.2 Å². The molecule has 9 aromatic rings. The van der Waals surface area contributed by atoms with E-state index >= 15 is 0 Å². The molecule has 1 atom stereocenters. The van der Waals surface area contributed by atoms with Crippen molar-refractivity contribution in [1.82, 2.24) is 9.97 Å². The Bertz CT molecular complexity index is 2820. The molecule has 0 N–H and O–H groups in total. The number of para-hydroxylation sites is 2. The molecule has 2 heterocycles. The third-order valence-corrected chi connectivity index (χ3v) is 11.0. The van der Waals surface area contributed by atoms with E-state index in [1.165, 1.54) is 38.5 Å². The van der Waals surface area contributed by atoms with Crippen molar-refractivity contribution in [2.45, 2.75) is 59.0 Å². The molecule has 0 radical (unpaired) electrons. The molecule has 2 aromatic heterocycles. The molecular weight excluding hydrogens is 1150 g/mol. The van der Waals surface area contributed by atoms with Gasteiger partial charge in [-0.15, -0.1) is 69.7 Å². The van der Waals surface area contributed by atoms with Gasteiger partial charge in [0.1, 0.15) is 0 Å². The van der Waals surface area contributed by atoms with E-state index in [1.54, 1.807) is 0 Å². The van der Waals surface area contributed by atoms with Gasteiger partial charge in [0.25, 0.3) is 0 Å². The Balaban J connectivity index is 0.000000423. The quantitative estimate of drug-likeness (QED) is 0.0853. The van der Waals surface area contributed by atoms with E-state index in [9.17, 15) is 0 Å². The first-order chi connectivity index (χ1) is 30.1. The smallest absolute Gasteiger partial charge is 0.679 e. The number of hydrogen-bond donors (Lipinski definition) is 0. The van der Waals surface area contributed by atoms with Gasteiger partial charge in [0.2, 0.25) is 0 Å². The molecule has 0 saturated heterocycles. The van der Waals surface area contributed by atoms with Gasteiger partial charge in [0.15, 0.2) is 0 Å².